The molecule has 6 heteroatoms. The van der Waals surface area contributed by atoms with Crippen LogP contribution in [0.15, 0.2) is 0 Å². The second-order valence-corrected chi connectivity index (χ2v) is 1.70. The largest absolute Gasteiger partial charge is 0.513 e. The monoisotopic (exact) mass is 210 g/mol. The Hall–Kier alpha value is -1.30. The topological polar surface area (TPSA) is 71.1 Å². The summed E-state index contributed by atoms with van der Waals surface area (Å²) in [5.41, 5.74) is 0. The highest BCUT2D eigenvalue weighted by Crippen LogP contribution is 1.86. The Morgan fingerprint density at radius 2 is 1.50 bits per heavy atom. The van der Waals surface area contributed by atoms with E-state index in [9.17, 15) is 9.59 Å². The van der Waals surface area contributed by atoms with Crippen LogP contribution < -0.4 is 0 Å². The molecule has 0 saturated heterocycles. The minimum atomic E-state index is -0.946. The fraction of sp³-hybridized carbons (Fsp3) is 0.750. The lowest BCUT2D eigenvalue weighted by Crippen LogP contribution is -2.13. The van der Waals surface area contributed by atoms with Crippen LogP contribution >= 0.6 is 0 Å². The Morgan fingerprint density at radius 3 is 1.93 bits per heavy atom. The molecule has 0 unspecified atom stereocenters. The second kappa shape index (κ2) is 11.7. The standard InChI is InChI=1S/C6H10O6.2CH4/c1-5(7)10-4-12-6(8)11-3-9-2;;/h3-4H2,1-2H3;2*1H4. The molecule has 0 radical (unpaired) electrons. The molecule has 86 valence electrons. The summed E-state index contributed by atoms with van der Waals surface area (Å²) < 4.78 is 17.3. The van der Waals surface area contributed by atoms with Gasteiger partial charge in [0.2, 0.25) is 6.79 Å². The Bertz CT molecular complexity index is 156. The van der Waals surface area contributed by atoms with Gasteiger partial charge in [0.05, 0.1) is 0 Å². The highest BCUT2D eigenvalue weighted by atomic mass is 16.8. The highest BCUT2D eigenvalue weighted by molar-refractivity contribution is 5.66. The van der Waals surface area contributed by atoms with Crippen molar-refractivity contribution in [3.63, 3.8) is 0 Å². The Morgan fingerprint density at radius 1 is 1.00 bits per heavy atom. The fourth-order valence-corrected chi connectivity index (χ4v) is 0.309. The number of carbonyl (C=O) groups is 2. The number of methoxy groups -OCH3 is 1. The number of hydrogen-bond acceptors (Lipinski definition) is 6. The molecule has 6 nitrogen and oxygen atoms in total. The van der Waals surface area contributed by atoms with E-state index in [1.807, 2.05) is 0 Å². The van der Waals surface area contributed by atoms with Gasteiger partial charge >= 0.3 is 12.1 Å². The number of ether oxygens (including phenoxy) is 4. The zero-order chi connectivity index (χ0) is 9.40. The van der Waals surface area contributed by atoms with Crippen molar-refractivity contribution in [3.8, 4) is 0 Å². The van der Waals surface area contributed by atoms with Gasteiger partial charge in [0.15, 0.2) is 6.79 Å². The zero-order valence-corrected chi connectivity index (χ0v) is 6.86. The Balaban J connectivity index is -0.000000605. The molecule has 0 aliphatic heterocycles. The van der Waals surface area contributed by atoms with Gasteiger partial charge in [-0.25, -0.2) is 4.79 Å². The predicted octanol–water partition coefficient (Wildman–Crippen LogP) is 1.54. The molecular weight excluding hydrogens is 192 g/mol. The molecule has 0 amide bonds. The lowest BCUT2D eigenvalue weighted by molar-refractivity contribution is -0.151. The van der Waals surface area contributed by atoms with E-state index in [4.69, 9.17) is 0 Å². The average Bonchev–Trinajstić information content (AvgIpc) is 2.00. The summed E-state index contributed by atoms with van der Waals surface area (Å²) in [6.07, 6.45) is -0.946. The van der Waals surface area contributed by atoms with E-state index in [-0.39, 0.29) is 21.6 Å². The molecule has 0 bridgehead atoms. The Kier molecular flexibility index (Phi) is 15.4. The SMILES string of the molecule is C.C.COCOC(=O)OCOC(C)=O. The molecule has 0 aliphatic rings. The van der Waals surface area contributed by atoms with Crippen molar-refractivity contribution in [1.29, 1.82) is 0 Å². The van der Waals surface area contributed by atoms with Crippen molar-refractivity contribution in [2.45, 2.75) is 21.8 Å². The van der Waals surface area contributed by atoms with Crippen molar-refractivity contribution < 1.29 is 28.5 Å². The molecule has 0 saturated carbocycles. The van der Waals surface area contributed by atoms with Crippen molar-refractivity contribution in [2.75, 3.05) is 20.7 Å². The van der Waals surface area contributed by atoms with Crippen molar-refractivity contribution >= 4 is 12.1 Å². The first-order valence-corrected chi connectivity index (χ1v) is 3.08. The van der Waals surface area contributed by atoms with Gasteiger partial charge in [-0.2, -0.15) is 0 Å². The summed E-state index contributed by atoms with van der Waals surface area (Å²) in [6.45, 7) is 0.556. The molecule has 0 rings (SSSR count). The lowest BCUT2D eigenvalue weighted by Gasteiger charge is -2.04. The summed E-state index contributed by atoms with van der Waals surface area (Å²) in [6, 6.07) is 0. The molecule has 0 aromatic heterocycles. The summed E-state index contributed by atoms with van der Waals surface area (Å²) in [4.78, 5) is 20.6. The Labute approximate surface area is 84.1 Å². The third-order valence-corrected chi connectivity index (χ3v) is 0.734. The first-order valence-electron chi connectivity index (χ1n) is 3.08. The third kappa shape index (κ3) is 13.3. The van der Waals surface area contributed by atoms with Gasteiger partial charge in [-0.3, -0.25) is 4.79 Å². The van der Waals surface area contributed by atoms with Gasteiger partial charge in [0.1, 0.15) is 0 Å². The second-order valence-electron chi connectivity index (χ2n) is 1.70. The van der Waals surface area contributed by atoms with E-state index in [0.717, 1.165) is 0 Å². The van der Waals surface area contributed by atoms with Crippen LogP contribution in [0.1, 0.15) is 21.8 Å². The maximum absolute atomic E-state index is 10.5. The van der Waals surface area contributed by atoms with E-state index < -0.39 is 18.9 Å². The molecule has 0 aromatic carbocycles. The van der Waals surface area contributed by atoms with Gasteiger partial charge < -0.3 is 18.9 Å². The molecule has 0 aliphatic carbocycles. The van der Waals surface area contributed by atoms with Gasteiger partial charge in [0.25, 0.3) is 0 Å². The van der Waals surface area contributed by atoms with E-state index in [0.29, 0.717) is 0 Å². The number of esters is 1. The smallest absolute Gasteiger partial charge is 0.428 e. The minimum absolute atomic E-state index is 0. The van der Waals surface area contributed by atoms with Gasteiger partial charge in [-0.15, -0.1) is 0 Å². The van der Waals surface area contributed by atoms with E-state index in [2.05, 4.69) is 18.9 Å². The number of rotatable bonds is 4. The van der Waals surface area contributed by atoms with Gasteiger partial charge in [-0.1, -0.05) is 14.9 Å². The first-order chi connectivity index (χ1) is 5.66. The van der Waals surface area contributed by atoms with Crippen LogP contribution in [0.3, 0.4) is 0 Å². The molecule has 0 spiro atoms. The van der Waals surface area contributed by atoms with E-state index in [1.54, 1.807) is 0 Å². The summed E-state index contributed by atoms with van der Waals surface area (Å²) in [7, 11) is 1.36. The molecule has 0 aromatic rings. The summed E-state index contributed by atoms with van der Waals surface area (Å²) in [5.74, 6) is -0.533. The van der Waals surface area contributed by atoms with Gasteiger partial charge in [-0.05, 0) is 0 Å². The molecule has 0 N–H and O–H groups in total. The minimum Gasteiger partial charge on any atom is -0.428 e. The maximum atomic E-state index is 10.5. The van der Waals surface area contributed by atoms with Crippen LogP contribution in [0.25, 0.3) is 0 Å². The quantitative estimate of drug-likeness (QED) is 0.517. The third-order valence-electron chi connectivity index (χ3n) is 0.734. The van der Waals surface area contributed by atoms with Crippen molar-refractivity contribution in [2.24, 2.45) is 0 Å². The summed E-state index contributed by atoms with van der Waals surface area (Å²) in [5, 5.41) is 0. The molecule has 0 atom stereocenters. The van der Waals surface area contributed by atoms with E-state index >= 15 is 0 Å². The molecular formula is C8H18O6. The number of hydrogen-bond donors (Lipinski definition) is 0. The lowest BCUT2D eigenvalue weighted by atomic mass is 10.8. The van der Waals surface area contributed by atoms with Crippen LogP contribution in [-0.2, 0) is 23.7 Å². The van der Waals surface area contributed by atoms with Crippen molar-refractivity contribution in [1.82, 2.24) is 0 Å². The van der Waals surface area contributed by atoms with Crippen molar-refractivity contribution in [3.05, 3.63) is 0 Å². The molecule has 0 fully saturated rings. The summed E-state index contributed by atoms with van der Waals surface area (Å²) >= 11 is 0. The van der Waals surface area contributed by atoms with Crippen LogP contribution in [0, 0.1) is 0 Å². The first kappa shape index (κ1) is 18.5. The van der Waals surface area contributed by atoms with Crippen LogP contribution in [0.2, 0.25) is 0 Å². The normalized spacial score (nSPS) is 7.57. The number of carbonyl (C=O) groups excluding carboxylic acids is 2. The van der Waals surface area contributed by atoms with Crippen LogP contribution in [0.5, 0.6) is 0 Å². The van der Waals surface area contributed by atoms with Crippen LogP contribution in [-0.4, -0.2) is 32.8 Å². The van der Waals surface area contributed by atoms with E-state index in [1.165, 1.54) is 14.0 Å². The average molecular weight is 210 g/mol. The zero-order valence-electron chi connectivity index (χ0n) is 6.86. The fourth-order valence-electron chi connectivity index (χ4n) is 0.309. The molecule has 0 heterocycles. The van der Waals surface area contributed by atoms with Crippen LogP contribution in [0.4, 0.5) is 4.79 Å². The van der Waals surface area contributed by atoms with Gasteiger partial charge in [0, 0.05) is 14.0 Å². The maximum Gasteiger partial charge on any atom is 0.513 e. The highest BCUT2D eigenvalue weighted by Gasteiger charge is 2.02. The predicted molar refractivity (Wildman–Crippen MR) is 49.5 cm³/mol. The molecule has 14 heavy (non-hydrogen) atoms.